The number of nitrogens with two attached hydrogens (primary N) is 1. The second-order valence-electron chi connectivity index (χ2n) is 5.21. The molecule has 0 heterocycles. The van der Waals surface area contributed by atoms with E-state index in [1.807, 2.05) is 4.90 Å². The topological polar surface area (TPSA) is 46.3 Å². The van der Waals surface area contributed by atoms with Gasteiger partial charge in [-0.1, -0.05) is 32.6 Å². The minimum absolute atomic E-state index is 0.340. The van der Waals surface area contributed by atoms with Crippen molar-refractivity contribution in [2.75, 3.05) is 19.6 Å². The normalized spacial score (nSPS) is 16.4. The molecule has 100 valence electrons. The highest BCUT2D eigenvalue weighted by molar-refractivity contribution is 5.76. The number of nitrogens with zero attached hydrogens (tertiary/aromatic N) is 1. The predicted molar refractivity (Wildman–Crippen MR) is 71.7 cm³/mol. The van der Waals surface area contributed by atoms with Crippen molar-refractivity contribution in [3.8, 4) is 0 Å². The molecule has 0 aliphatic heterocycles. The van der Waals surface area contributed by atoms with Crippen molar-refractivity contribution < 1.29 is 4.79 Å². The van der Waals surface area contributed by atoms with E-state index in [1.165, 1.54) is 25.7 Å². The fourth-order valence-electron chi connectivity index (χ4n) is 2.70. The van der Waals surface area contributed by atoms with Gasteiger partial charge in [-0.2, -0.15) is 0 Å². The number of rotatable bonds is 8. The van der Waals surface area contributed by atoms with Gasteiger partial charge in [0.05, 0.1) is 0 Å². The Labute approximate surface area is 106 Å². The first-order valence-electron chi connectivity index (χ1n) is 7.25. The molecule has 0 bridgehead atoms. The summed E-state index contributed by atoms with van der Waals surface area (Å²) in [5, 5.41) is 0. The average Bonchev–Trinajstić information content (AvgIpc) is 2.84. The third-order valence-electron chi connectivity index (χ3n) is 3.72. The maximum atomic E-state index is 12.1. The molecule has 0 aromatic heterocycles. The molecule has 0 spiro atoms. The van der Waals surface area contributed by atoms with Gasteiger partial charge in [0, 0.05) is 19.5 Å². The highest BCUT2D eigenvalue weighted by Crippen LogP contribution is 2.28. The van der Waals surface area contributed by atoms with Crippen LogP contribution >= 0.6 is 0 Å². The van der Waals surface area contributed by atoms with Crippen LogP contribution in [0.2, 0.25) is 0 Å². The minimum Gasteiger partial charge on any atom is -0.343 e. The number of hydrogen-bond donors (Lipinski definition) is 1. The molecule has 1 fully saturated rings. The van der Waals surface area contributed by atoms with Crippen molar-refractivity contribution >= 4 is 5.91 Å². The van der Waals surface area contributed by atoms with E-state index in [0.29, 0.717) is 12.5 Å². The maximum absolute atomic E-state index is 12.1. The smallest absolute Gasteiger partial charge is 0.222 e. The fraction of sp³-hybridized carbons (Fsp3) is 0.929. The first-order chi connectivity index (χ1) is 8.27. The summed E-state index contributed by atoms with van der Waals surface area (Å²) in [6, 6.07) is 0. The van der Waals surface area contributed by atoms with Crippen molar-refractivity contribution in [1.29, 1.82) is 0 Å². The number of hydrogen-bond acceptors (Lipinski definition) is 2. The van der Waals surface area contributed by atoms with Gasteiger partial charge >= 0.3 is 0 Å². The van der Waals surface area contributed by atoms with Crippen molar-refractivity contribution in [2.24, 2.45) is 11.7 Å². The van der Waals surface area contributed by atoms with E-state index < -0.39 is 0 Å². The van der Waals surface area contributed by atoms with Crippen molar-refractivity contribution in [3.05, 3.63) is 0 Å². The van der Waals surface area contributed by atoms with Crippen LogP contribution in [-0.4, -0.2) is 30.4 Å². The van der Waals surface area contributed by atoms with Gasteiger partial charge in [0.25, 0.3) is 0 Å². The monoisotopic (exact) mass is 240 g/mol. The Balaban J connectivity index is 2.24. The first-order valence-corrected chi connectivity index (χ1v) is 7.25. The van der Waals surface area contributed by atoms with Crippen LogP contribution in [0.4, 0.5) is 0 Å². The van der Waals surface area contributed by atoms with Crippen molar-refractivity contribution in [3.63, 3.8) is 0 Å². The van der Waals surface area contributed by atoms with Gasteiger partial charge in [-0.05, 0) is 31.7 Å². The summed E-state index contributed by atoms with van der Waals surface area (Å²) in [4.78, 5) is 14.1. The van der Waals surface area contributed by atoms with E-state index >= 15 is 0 Å². The number of carbonyl (C=O) groups excluding carboxylic acids is 1. The Hall–Kier alpha value is -0.570. The van der Waals surface area contributed by atoms with E-state index in [-0.39, 0.29) is 0 Å². The largest absolute Gasteiger partial charge is 0.343 e. The lowest BCUT2D eigenvalue weighted by atomic mass is 10.0. The number of carbonyl (C=O) groups is 1. The zero-order valence-electron chi connectivity index (χ0n) is 11.3. The van der Waals surface area contributed by atoms with Gasteiger partial charge in [-0.25, -0.2) is 0 Å². The molecule has 0 atom stereocenters. The Bertz CT molecular complexity index is 212. The molecule has 0 saturated heterocycles. The standard InChI is InChI=1S/C14H28N2O/c1-2-11-16(12-5-10-15)14(17)9-8-13-6-3-4-7-13/h13H,2-12,15H2,1H3. The first kappa shape index (κ1) is 14.5. The lowest BCUT2D eigenvalue weighted by molar-refractivity contribution is -0.131. The molecule has 1 aliphatic carbocycles. The Morgan fingerprint density at radius 3 is 2.59 bits per heavy atom. The lowest BCUT2D eigenvalue weighted by Crippen LogP contribution is -2.33. The quantitative estimate of drug-likeness (QED) is 0.708. The van der Waals surface area contributed by atoms with Gasteiger partial charge in [0.2, 0.25) is 5.91 Å². The molecule has 1 rings (SSSR count). The molecule has 1 amide bonds. The Kier molecular flexibility index (Phi) is 7.25. The zero-order chi connectivity index (χ0) is 12.5. The van der Waals surface area contributed by atoms with Gasteiger partial charge < -0.3 is 10.6 Å². The second kappa shape index (κ2) is 8.51. The van der Waals surface area contributed by atoms with E-state index in [1.54, 1.807) is 0 Å². The summed E-state index contributed by atoms with van der Waals surface area (Å²) >= 11 is 0. The van der Waals surface area contributed by atoms with Crippen LogP contribution in [0, 0.1) is 5.92 Å². The fourth-order valence-corrected chi connectivity index (χ4v) is 2.70. The van der Waals surface area contributed by atoms with Crippen molar-refractivity contribution in [2.45, 2.75) is 58.3 Å². The molecule has 0 radical (unpaired) electrons. The molecular weight excluding hydrogens is 212 g/mol. The van der Waals surface area contributed by atoms with Crippen LogP contribution in [0.15, 0.2) is 0 Å². The van der Waals surface area contributed by atoms with Crippen LogP contribution in [0.25, 0.3) is 0 Å². The third kappa shape index (κ3) is 5.53. The molecule has 0 unspecified atom stereocenters. The highest BCUT2D eigenvalue weighted by atomic mass is 16.2. The van der Waals surface area contributed by atoms with Crippen LogP contribution in [0.5, 0.6) is 0 Å². The van der Waals surface area contributed by atoms with Gasteiger partial charge in [-0.15, -0.1) is 0 Å². The van der Waals surface area contributed by atoms with Gasteiger partial charge in [-0.3, -0.25) is 4.79 Å². The molecule has 3 heteroatoms. The van der Waals surface area contributed by atoms with Crippen LogP contribution in [0.1, 0.15) is 58.3 Å². The third-order valence-corrected chi connectivity index (χ3v) is 3.72. The zero-order valence-corrected chi connectivity index (χ0v) is 11.3. The van der Waals surface area contributed by atoms with Crippen LogP contribution < -0.4 is 5.73 Å². The molecule has 1 saturated carbocycles. The summed E-state index contributed by atoms with van der Waals surface area (Å²) < 4.78 is 0. The summed E-state index contributed by atoms with van der Waals surface area (Å²) in [7, 11) is 0. The SMILES string of the molecule is CCCN(CCCN)C(=O)CCC1CCCC1. The molecule has 17 heavy (non-hydrogen) atoms. The van der Waals surface area contributed by atoms with Gasteiger partial charge in [0.1, 0.15) is 0 Å². The van der Waals surface area contributed by atoms with Crippen LogP contribution in [-0.2, 0) is 4.79 Å². The highest BCUT2D eigenvalue weighted by Gasteiger charge is 2.18. The molecular formula is C14H28N2O. The molecule has 1 aliphatic rings. The maximum Gasteiger partial charge on any atom is 0.222 e. The predicted octanol–water partition coefficient (Wildman–Crippen LogP) is 2.54. The Morgan fingerprint density at radius 2 is 2.00 bits per heavy atom. The molecule has 0 aromatic carbocycles. The van der Waals surface area contributed by atoms with Gasteiger partial charge in [0.15, 0.2) is 0 Å². The summed E-state index contributed by atoms with van der Waals surface area (Å²) in [6.45, 7) is 4.53. The lowest BCUT2D eigenvalue weighted by Gasteiger charge is -2.22. The molecule has 3 nitrogen and oxygen atoms in total. The molecule has 0 aromatic rings. The Morgan fingerprint density at radius 1 is 1.29 bits per heavy atom. The summed E-state index contributed by atoms with van der Waals surface area (Å²) in [5.41, 5.74) is 5.51. The van der Waals surface area contributed by atoms with E-state index in [2.05, 4.69) is 6.92 Å². The summed E-state index contributed by atoms with van der Waals surface area (Å²) in [6.07, 6.45) is 9.22. The van der Waals surface area contributed by atoms with Crippen LogP contribution in [0.3, 0.4) is 0 Å². The van der Waals surface area contributed by atoms with E-state index in [0.717, 1.165) is 44.7 Å². The summed E-state index contributed by atoms with van der Waals surface area (Å²) in [5.74, 6) is 1.16. The average molecular weight is 240 g/mol. The van der Waals surface area contributed by atoms with Crippen molar-refractivity contribution in [1.82, 2.24) is 4.90 Å². The number of amides is 1. The second-order valence-corrected chi connectivity index (χ2v) is 5.21. The minimum atomic E-state index is 0.340. The molecule has 2 N–H and O–H groups in total. The van der Waals surface area contributed by atoms with E-state index in [4.69, 9.17) is 5.73 Å². The van der Waals surface area contributed by atoms with E-state index in [9.17, 15) is 4.79 Å².